The van der Waals surface area contributed by atoms with Crippen LogP contribution >= 0.6 is 0 Å². The van der Waals surface area contributed by atoms with Crippen LogP contribution in [0, 0.1) is 0 Å². The van der Waals surface area contributed by atoms with E-state index in [4.69, 9.17) is 19.0 Å². The van der Waals surface area contributed by atoms with Crippen LogP contribution in [-0.4, -0.2) is 35.8 Å². The first-order valence-corrected chi connectivity index (χ1v) is 8.81. The Hall–Kier alpha value is -1.70. The highest BCUT2D eigenvalue weighted by molar-refractivity contribution is 6.75. The topological polar surface area (TPSA) is 65.7 Å². The second-order valence-corrected chi connectivity index (χ2v) is 7.48. The third-order valence-electron chi connectivity index (χ3n) is 3.25. The molecule has 0 aliphatic rings. The number of nitrogens with two attached hydrogens (primary N) is 1. The zero-order valence-corrected chi connectivity index (χ0v) is 13.9. The van der Waals surface area contributed by atoms with Gasteiger partial charge in [-0.15, -0.1) is 0 Å². The van der Waals surface area contributed by atoms with Crippen LogP contribution in [-0.2, 0) is 13.3 Å². The SMILES string of the molecule is CO[Si](OC)(OC(N)CNc1ccccc1)c1ccccc1. The van der Waals surface area contributed by atoms with Crippen LogP contribution in [0.3, 0.4) is 0 Å². The number of anilines is 1. The Labute approximate surface area is 132 Å². The molecule has 0 radical (unpaired) electrons. The number of hydrogen-bond acceptors (Lipinski definition) is 5. The summed E-state index contributed by atoms with van der Waals surface area (Å²) in [5.74, 6) is 0. The molecule has 1 unspecified atom stereocenters. The molecule has 0 aliphatic carbocycles. The Morgan fingerprint density at radius 3 is 2.05 bits per heavy atom. The van der Waals surface area contributed by atoms with Gasteiger partial charge in [0.15, 0.2) is 0 Å². The zero-order valence-electron chi connectivity index (χ0n) is 12.9. The van der Waals surface area contributed by atoms with Crippen molar-refractivity contribution in [3.63, 3.8) is 0 Å². The number of benzene rings is 2. The molecule has 5 nitrogen and oxygen atoms in total. The van der Waals surface area contributed by atoms with Gasteiger partial charge < -0.3 is 24.3 Å². The highest BCUT2D eigenvalue weighted by atomic mass is 28.4. The molecule has 6 heteroatoms. The summed E-state index contributed by atoms with van der Waals surface area (Å²) in [6, 6.07) is 19.5. The number of hydrogen-bond donors (Lipinski definition) is 2. The largest absolute Gasteiger partial charge is 0.537 e. The molecule has 0 spiro atoms. The van der Waals surface area contributed by atoms with Gasteiger partial charge in [-0.25, -0.2) is 0 Å². The Kier molecular flexibility index (Phi) is 6.11. The van der Waals surface area contributed by atoms with Crippen LogP contribution < -0.4 is 16.2 Å². The van der Waals surface area contributed by atoms with Crippen LogP contribution in [0.25, 0.3) is 0 Å². The van der Waals surface area contributed by atoms with Crippen molar-refractivity contribution in [2.24, 2.45) is 5.73 Å². The lowest BCUT2D eigenvalue weighted by Gasteiger charge is -2.29. The van der Waals surface area contributed by atoms with E-state index in [0.29, 0.717) is 6.54 Å². The quantitative estimate of drug-likeness (QED) is 0.571. The Balaban J connectivity index is 2.01. The lowest BCUT2D eigenvalue weighted by Crippen LogP contribution is -2.59. The maximum absolute atomic E-state index is 6.09. The van der Waals surface area contributed by atoms with Gasteiger partial charge in [-0.1, -0.05) is 48.5 Å². The lowest BCUT2D eigenvalue weighted by atomic mass is 10.3. The van der Waals surface area contributed by atoms with Crippen molar-refractivity contribution < 1.29 is 13.3 Å². The molecule has 1 atom stereocenters. The van der Waals surface area contributed by atoms with Crippen LogP contribution in [0.4, 0.5) is 5.69 Å². The monoisotopic (exact) mass is 318 g/mol. The van der Waals surface area contributed by atoms with E-state index in [0.717, 1.165) is 10.9 Å². The third-order valence-corrected chi connectivity index (χ3v) is 5.98. The van der Waals surface area contributed by atoms with Gasteiger partial charge in [0.1, 0.15) is 6.23 Å². The molecule has 3 N–H and O–H groups in total. The minimum atomic E-state index is -2.99. The van der Waals surface area contributed by atoms with Gasteiger partial charge in [0.05, 0.1) is 6.54 Å². The lowest BCUT2D eigenvalue weighted by molar-refractivity contribution is 0.0761. The van der Waals surface area contributed by atoms with Crippen molar-refractivity contribution in [2.75, 3.05) is 26.1 Å². The molecular weight excluding hydrogens is 296 g/mol. The van der Waals surface area contributed by atoms with Crippen LogP contribution in [0.2, 0.25) is 0 Å². The number of para-hydroxylation sites is 1. The minimum absolute atomic E-state index is 0.457. The summed E-state index contributed by atoms with van der Waals surface area (Å²) < 4.78 is 17.1. The highest BCUT2D eigenvalue weighted by Crippen LogP contribution is 2.11. The Morgan fingerprint density at radius 2 is 1.50 bits per heavy atom. The maximum atomic E-state index is 6.09. The standard InChI is InChI=1S/C16H22N2O3Si/c1-19-22(20-2,15-11-7-4-8-12-15)21-16(17)13-18-14-9-5-3-6-10-14/h3-12,16,18H,13,17H2,1-2H3. The number of nitrogens with one attached hydrogen (secondary N) is 1. The maximum Gasteiger partial charge on any atom is 0.537 e. The average molecular weight is 318 g/mol. The van der Waals surface area contributed by atoms with E-state index in [1.54, 1.807) is 14.2 Å². The van der Waals surface area contributed by atoms with Gasteiger partial charge >= 0.3 is 8.80 Å². The average Bonchev–Trinajstić information content (AvgIpc) is 2.60. The van der Waals surface area contributed by atoms with Gasteiger partial charge in [-0.05, 0) is 12.1 Å². The molecule has 22 heavy (non-hydrogen) atoms. The molecule has 2 aromatic carbocycles. The Bertz CT molecular complexity index is 550. The molecule has 0 aromatic heterocycles. The molecule has 0 aliphatic heterocycles. The highest BCUT2D eigenvalue weighted by Gasteiger charge is 2.43. The molecular formula is C16H22N2O3Si. The first kappa shape index (κ1) is 16.7. The molecule has 0 saturated carbocycles. The van der Waals surface area contributed by atoms with Gasteiger partial charge in [0.2, 0.25) is 0 Å². The van der Waals surface area contributed by atoms with Crippen molar-refractivity contribution >= 4 is 19.7 Å². The van der Waals surface area contributed by atoms with E-state index >= 15 is 0 Å². The molecule has 2 rings (SSSR count). The van der Waals surface area contributed by atoms with E-state index in [1.165, 1.54) is 0 Å². The summed E-state index contributed by atoms with van der Waals surface area (Å²) in [4.78, 5) is 0. The zero-order chi connectivity index (χ0) is 15.8. The van der Waals surface area contributed by atoms with Crippen molar-refractivity contribution in [3.8, 4) is 0 Å². The van der Waals surface area contributed by atoms with E-state index in [1.807, 2.05) is 60.7 Å². The fraction of sp³-hybridized carbons (Fsp3) is 0.250. The fourth-order valence-electron chi connectivity index (χ4n) is 2.14. The molecule has 0 bridgehead atoms. The molecule has 2 aromatic rings. The first-order valence-electron chi connectivity index (χ1n) is 7.08. The van der Waals surface area contributed by atoms with E-state index in [2.05, 4.69) is 5.32 Å². The smallest absolute Gasteiger partial charge is 0.381 e. The summed E-state index contributed by atoms with van der Waals surface area (Å²) in [7, 11) is 0.181. The predicted molar refractivity (Wildman–Crippen MR) is 89.8 cm³/mol. The second kappa shape index (κ2) is 8.07. The molecule has 0 amide bonds. The van der Waals surface area contributed by atoms with Crippen LogP contribution in [0.15, 0.2) is 60.7 Å². The first-order chi connectivity index (χ1) is 10.7. The van der Waals surface area contributed by atoms with Crippen LogP contribution in [0.1, 0.15) is 0 Å². The van der Waals surface area contributed by atoms with Crippen molar-refractivity contribution in [3.05, 3.63) is 60.7 Å². The normalized spacial score (nSPS) is 12.9. The van der Waals surface area contributed by atoms with Gasteiger partial charge in [0, 0.05) is 25.1 Å². The summed E-state index contributed by atoms with van der Waals surface area (Å²) in [5, 5.41) is 4.11. The van der Waals surface area contributed by atoms with E-state index in [9.17, 15) is 0 Å². The van der Waals surface area contributed by atoms with E-state index < -0.39 is 15.0 Å². The van der Waals surface area contributed by atoms with Gasteiger partial charge in [-0.3, -0.25) is 0 Å². The number of rotatable bonds is 8. The summed E-state index contributed by atoms with van der Waals surface area (Å²) >= 11 is 0. The fourth-order valence-corrected chi connectivity index (χ4v) is 4.19. The molecule has 0 saturated heterocycles. The molecule has 0 fully saturated rings. The van der Waals surface area contributed by atoms with Gasteiger partial charge in [-0.2, -0.15) is 0 Å². The third kappa shape index (κ3) is 4.16. The predicted octanol–water partition coefficient (Wildman–Crippen LogP) is 1.54. The van der Waals surface area contributed by atoms with Crippen molar-refractivity contribution in [1.82, 2.24) is 0 Å². The Morgan fingerprint density at radius 1 is 0.955 bits per heavy atom. The van der Waals surface area contributed by atoms with Crippen molar-refractivity contribution in [1.29, 1.82) is 0 Å². The summed E-state index contributed by atoms with van der Waals surface area (Å²) in [6.45, 7) is 0.457. The summed E-state index contributed by atoms with van der Waals surface area (Å²) in [5.41, 5.74) is 7.08. The summed E-state index contributed by atoms with van der Waals surface area (Å²) in [6.07, 6.45) is -0.549. The van der Waals surface area contributed by atoms with Gasteiger partial charge in [0.25, 0.3) is 0 Å². The van der Waals surface area contributed by atoms with E-state index in [-0.39, 0.29) is 0 Å². The second-order valence-electron chi connectivity index (χ2n) is 4.73. The van der Waals surface area contributed by atoms with Crippen LogP contribution in [0.5, 0.6) is 0 Å². The molecule has 118 valence electrons. The van der Waals surface area contributed by atoms with Crippen molar-refractivity contribution in [2.45, 2.75) is 6.23 Å². The minimum Gasteiger partial charge on any atom is -0.381 e. The molecule has 0 heterocycles.